The van der Waals surface area contributed by atoms with Crippen molar-refractivity contribution in [1.82, 2.24) is 14.7 Å². The first-order chi connectivity index (χ1) is 13.0. The maximum absolute atomic E-state index is 14.5. The standard InChI is InChI=1S/C20H22ClF2N3O/c1-25-19(13-9-15(21)17(23)10-16(13)22)14(11-24-25)20(27)26-8-4-6-12-5-2-3-7-18(12)26/h9-12,18H,2-8H2,1H3. The Balaban J connectivity index is 1.73. The molecule has 7 heteroatoms. The molecular formula is C20H22ClF2N3O. The van der Waals surface area contributed by atoms with Crippen LogP contribution in [0.1, 0.15) is 48.9 Å². The van der Waals surface area contributed by atoms with Gasteiger partial charge in [-0.2, -0.15) is 5.10 Å². The molecule has 1 amide bonds. The Morgan fingerprint density at radius 1 is 1.15 bits per heavy atom. The molecule has 0 radical (unpaired) electrons. The van der Waals surface area contributed by atoms with Crippen LogP contribution in [0.3, 0.4) is 0 Å². The van der Waals surface area contributed by atoms with Crippen LogP contribution in [-0.2, 0) is 7.05 Å². The molecule has 2 fully saturated rings. The van der Waals surface area contributed by atoms with E-state index in [4.69, 9.17) is 11.6 Å². The number of nitrogens with zero attached hydrogens (tertiary/aromatic N) is 3. The van der Waals surface area contributed by atoms with Gasteiger partial charge in [-0.15, -0.1) is 0 Å². The molecule has 2 heterocycles. The van der Waals surface area contributed by atoms with Crippen molar-refractivity contribution >= 4 is 17.5 Å². The van der Waals surface area contributed by atoms with Crippen LogP contribution in [0.15, 0.2) is 18.3 Å². The molecule has 2 atom stereocenters. The molecule has 0 bridgehead atoms. The summed E-state index contributed by atoms with van der Waals surface area (Å²) >= 11 is 5.86. The van der Waals surface area contributed by atoms with Crippen molar-refractivity contribution in [2.75, 3.05) is 6.54 Å². The van der Waals surface area contributed by atoms with E-state index in [1.54, 1.807) is 7.05 Å². The fourth-order valence-corrected chi connectivity index (χ4v) is 4.81. The monoisotopic (exact) mass is 393 g/mol. The van der Waals surface area contributed by atoms with Gasteiger partial charge in [-0.1, -0.05) is 24.4 Å². The highest BCUT2D eigenvalue weighted by Crippen LogP contribution is 2.37. The molecule has 1 aliphatic heterocycles. The normalized spacial score (nSPS) is 22.6. The van der Waals surface area contributed by atoms with Crippen molar-refractivity contribution in [2.24, 2.45) is 13.0 Å². The van der Waals surface area contributed by atoms with E-state index in [0.29, 0.717) is 23.7 Å². The molecule has 1 saturated heterocycles. The second-order valence-corrected chi connectivity index (χ2v) is 7.94. The summed E-state index contributed by atoms with van der Waals surface area (Å²) in [6, 6.07) is 2.21. The number of aromatic nitrogens is 2. The molecule has 2 aliphatic rings. The van der Waals surface area contributed by atoms with Crippen LogP contribution >= 0.6 is 11.6 Å². The topological polar surface area (TPSA) is 38.1 Å². The molecule has 144 valence electrons. The lowest BCUT2D eigenvalue weighted by atomic mass is 9.78. The van der Waals surface area contributed by atoms with Crippen LogP contribution in [0.4, 0.5) is 8.78 Å². The molecule has 0 spiro atoms. The summed E-state index contributed by atoms with van der Waals surface area (Å²) in [7, 11) is 1.64. The quantitative estimate of drug-likeness (QED) is 0.686. The van der Waals surface area contributed by atoms with Crippen LogP contribution in [0, 0.1) is 17.6 Å². The van der Waals surface area contributed by atoms with E-state index in [-0.39, 0.29) is 22.5 Å². The maximum atomic E-state index is 14.5. The third-order valence-electron chi connectivity index (χ3n) is 5.94. The van der Waals surface area contributed by atoms with E-state index < -0.39 is 11.6 Å². The predicted octanol–water partition coefficient (Wildman–Crippen LogP) is 4.81. The first-order valence-corrected chi connectivity index (χ1v) is 9.83. The van der Waals surface area contributed by atoms with Crippen molar-refractivity contribution < 1.29 is 13.6 Å². The SMILES string of the molecule is Cn1ncc(C(=O)N2CCCC3CCCCC32)c1-c1cc(Cl)c(F)cc1F. The Hall–Kier alpha value is -1.95. The summed E-state index contributed by atoms with van der Waals surface area (Å²) in [5.41, 5.74) is 0.754. The minimum absolute atomic E-state index is 0.0851. The Morgan fingerprint density at radius 2 is 1.89 bits per heavy atom. The number of fused-ring (bicyclic) bond motifs is 1. The number of benzene rings is 1. The van der Waals surface area contributed by atoms with Gasteiger partial charge < -0.3 is 4.90 Å². The first kappa shape index (κ1) is 18.4. The summed E-state index contributed by atoms with van der Waals surface area (Å²) in [5.74, 6) is -1.17. The Bertz CT molecular complexity index is 880. The predicted molar refractivity (Wildman–Crippen MR) is 99.6 cm³/mol. The first-order valence-electron chi connectivity index (χ1n) is 9.45. The van der Waals surface area contributed by atoms with Crippen LogP contribution in [-0.4, -0.2) is 33.2 Å². The average molecular weight is 394 g/mol. The van der Waals surface area contributed by atoms with Gasteiger partial charge in [-0.05, 0) is 37.7 Å². The summed E-state index contributed by atoms with van der Waals surface area (Å²) < 4.78 is 29.5. The molecule has 2 unspecified atom stereocenters. The smallest absolute Gasteiger partial charge is 0.257 e. The molecular weight excluding hydrogens is 372 g/mol. The second kappa shape index (κ2) is 7.23. The van der Waals surface area contributed by atoms with Crippen molar-refractivity contribution in [1.29, 1.82) is 0 Å². The minimum atomic E-state index is -0.825. The van der Waals surface area contributed by atoms with Gasteiger partial charge in [0.25, 0.3) is 5.91 Å². The fourth-order valence-electron chi connectivity index (χ4n) is 4.65. The van der Waals surface area contributed by atoms with E-state index in [1.807, 2.05) is 4.90 Å². The van der Waals surface area contributed by atoms with Gasteiger partial charge in [0.05, 0.1) is 22.5 Å². The van der Waals surface area contributed by atoms with Crippen LogP contribution in [0.2, 0.25) is 5.02 Å². The van der Waals surface area contributed by atoms with E-state index in [2.05, 4.69) is 5.10 Å². The summed E-state index contributed by atoms with van der Waals surface area (Å²) in [4.78, 5) is 15.3. The number of piperidine rings is 1. The zero-order valence-corrected chi connectivity index (χ0v) is 16.0. The lowest BCUT2D eigenvalue weighted by molar-refractivity contribution is 0.0391. The zero-order valence-electron chi connectivity index (χ0n) is 15.2. The van der Waals surface area contributed by atoms with Crippen molar-refractivity contribution in [2.45, 2.75) is 44.6 Å². The number of halogens is 3. The number of amides is 1. The van der Waals surface area contributed by atoms with E-state index in [1.165, 1.54) is 23.4 Å². The highest BCUT2D eigenvalue weighted by Gasteiger charge is 2.37. The number of hydrogen-bond acceptors (Lipinski definition) is 2. The third-order valence-corrected chi connectivity index (χ3v) is 6.23. The van der Waals surface area contributed by atoms with Gasteiger partial charge in [0.2, 0.25) is 0 Å². The van der Waals surface area contributed by atoms with Crippen LogP contribution < -0.4 is 0 Å². The van der Waals surface area contributed by atoms with E-state index in [0.717, 1.165) is 38.2 Å². The van der Waals surface area contributed by atoms with Gasteiger partial charge in [0.15, 0.2) is 0 Å². The molecule has 4 rings (SSSR count). The molecule has 1 saturated carbocycles. The number of carbonyl (C=O) groups is 1. The van der Waals surface area contributed by atoms with Crippen molar-refractivity contribution in [3.63, 3.8) is 0 Å². The van der Waals surface area contributed by atoms with Crippen LogP contribution in [0.5, 0.6) is 0 Å². The Labute approximate surface area is 162 Å². The summed E-state index contributed by atoms with van der Waals surface area (Å²) in [6.45, 7) is 0.709. The van der Waals surface area contributed by atoms with Crippen molar-refractivity contribution in [3.8, 4) is 11.3 Å². The van der Waals surface area contributed by atoms with Gasteiger partial charge >= 0.3 is 0 Å². The highest BCUT2D eigenvalue weighted by molar-refractivity contribution is 6.31. The van der Waals surface area contributed by atoms with Crippen LogP contribution in [0.25, 0.3) is 11.3 Å². The lowest BCUT2D eigenvalue weighted by Gasteiger charge is -2.44. The van der Waals surface area contributed by atoms with Gasteiger partial charge in [-0.3, -0.25) is 9.48 Å². The number of carbonyl (C=O) groups excluding carboxylic acids is 1. The lowest BCUT2D eigenvalue weighted by Crippen LogP contribution is -2.49. The Kier molecular flexibility index (Phi) is 4.93. The number of likely N-dealkylation sites (tertiary alicyclic amines) is 1. The molecule has 1 aliphatic carbocycles. The Morgan fingerprint density at radius 3 is 2.70 bits per heavy atom. The van der Waals surface area contributed by atoms with Gasteiger partial charge in [-0.25, -0.2) is 8.78 Å². The molecule has 4 nitrogen and oxygen atoms in total. The molecule has 1 aromatic carbocycles. The summed E-state index contributed by atoms with van der Waals surface area (Å²) in [6.07, 6.45) is 8.16. The number of hydrogen-bond donors (Lipinski definition) is 0. The molecule has 27 heavy (non-hydrogen) atoms. The minimum Gasteiger partial charge on any atom is -0.335 e. The summed E-state index contributed by atoms with van der Waals surface area (Å²) in [5, 5.41) is 3.99. The number of aryl methyl sites for hydroxylation is 1. The molecule has 0 N–H and O–H groups in total. The highest BCUT2D eigenvalue weighted by atomic mass is 35.5. The van der Waals surface area contributed by atoms with Gasteiger partial charge in [0, 0.05) is 31.3 Å². The zero-order chi connectivity index (χ0) is 19.1. The van der Waals surface area contributed by atoms with Crippen molar-refractivity contribution in [3.05, 3.63) is 40.6 Å². The second-order valence-electron chi connectivity index (χ2n) is 7.53. The van der Waals surface area contributed by atoms with E-state index in [9.17, 15) is 13.6 Å². The fraction of sp³-hybridized carbons (Fsp3) is 0.500. The number of rotatable bonds is 2. The maximum Gasteiger partial charge on any atom is 0.257 e. The van der Waals surface area contributed by atoms with E-state index >= 15 is 0 Å². The largest absolute Gasteiger partial charge is 0.335 e. The average Bonchev–Trinajstić information content (AvgIpc) is 3.05. The third kappa shape index (κ3) is 3.24. The molecule has 1 aromatic heterocycles. The molecule has 2 aromatic rings. The van der Waals surface area contributed by atoms with Gasteiger partial charge in [0.1, 0.15) is 11.6 Å².